The number of carbonyl (C=O) groups excluding carboxylic acids is 2. The van der Waals surface area contributed by atoms with Gasteiger partial charge in [-0.25, -0.2) is 4.79 Å². The lowest BCUT2D eigenvalue weighted by Gasteiger charge is -2.40. The fraction of sp³-hybridized carbons (Fsp3) is 0.385. The predicted molar refractivity (Wildman–Crippen MR) is 128 cm³/mol. The molecule has 2 heterocycles. The number of anilines is 1. The van der Waals surface area contributed by atoms with E-state index in [1.807, 2.05) is 37.3 Å². The Balaban J connectivity index is 1.73. The summed E-state index contributed by atoms with van der Waals surface area (Å²) < 4.78 is 11.0. The topological polar surface area (TPSA) is 71.1 Å². The number of likely N-dealkylation sites (tertiary alicyclic amines) is 1. The van der Waals surface area contributed by atoms with E-state index in [0.29, 0.717) is 18.7 Å². The van der Waals surface area contributed by atoms with E-state index in [2.05, 4.69) is 24.0 Å². The Kier molecular flexibility index (Phi) is 6.58. The molecule has 0 radical (unpaired) electrons. The number of hydrogen-bond donors (Lipinski definition) is 1. The van der Waals surface area contributed by atoms with Crippen molar-refractivity contribution in [1.29, 1.82) is 0 Å². The molecule has 7 heteroatoms. The molecule has 0 aromatic heterocycles. The zero-order valence-electron chi connectivity index (χ0n) is 19.4. The van der Waals surface area contributed by atoms with Crippen LogP contribution in [0.25, 0.3) is 0 Å². The first kappa shape index (κ1) is 22.7. The van der Waals surface area contributed by atoms with Gasteiger partial charge in [0, 0.05) is 37.8 Å². The van der Waals surface area contributed by atoms with Gasteiger partial charge >= 0.3 is 6.09 Å². The van der Waals surface area contributed by atoms with Crippen molar-refractivity contribution in [2.24, 2.45) is 5.92 Å². The quantitative estimate of drug-likeness (QED) is 0.651. The number of ether oxygens (including phenoxy) is 2. The van der Waals surface area contributed by atoms with Crippen molar-refractivity contribution in [3.05, 3.63) is 71.8 Å². The Morgan fingerprint density at radius 2 is 1.97 bits per heavy atom. The van der Waals surface area contributed by atoms with Crippen molar-refractivity contribution in [2.45, 2.75) is 25.4 Å². The van der Waals surface area contributed by atoms with Crippen molar-refractivity contribution in [3.8, 4) is 5.75 Å². The molecule has 33 heavy (non-hydrogen) atoms. The van der Waals surface area contributed by atoms with Crippen LogP contribution in [0.2, 0.25) is 0 Å². The fourth-order valence-corrected chi connectivity index (χ4v) is 4.85. The van der Waals surface area contributed by atoms with Crippen LogP contribution in [0.3, 0.4) is 0 Å². The minimum absolute atomic E-state index is 0.0192. The number of fused-ring (bicyclic) bond motifs is 3. The molecule has 0 bridgehead atoms. The molecule has 2 aliphatic rings. The van der Waals surface area contributed by atoms with Crippen LogP contribution in [-0.4, -0.2) is 55.7 Å². The molecule has 0 spiro atoms. The van der Waals surface area contributed by atoms with E-state index < -0.39 is 0 Å². The number of carbonyl (C=O) groups is 2. The van der Waals surface area contributed by atoms with Crippen molar-refractivity contribution >= 4 is 17.7 Å². The van der Waals surface area contributed by atoms with Gasteiger partial charge in [0.25, 0.3) is 5.91 Å². The highest BCUT2D eigenvalue weighted by molar-refractivity contribution is 5.94. The highest BCUT2D eigenvalue weighted by Gasteiger charge is 2.47. The maximum absolute atomic E-state index is 12.9. The Morgan fingerprint density at radius 3 is 2.64 bits per heavy atom. The van der Waals surface area contributed by atoms with Gasteiger partial charge in [-0.1, -0.05) is 24.8 Å². The van der Waals surface area contributed by atoms with Crippen LogP contribution in [0.5, 0.6) is 5.75 Å². The smallest absolute Gasteiger partial charge is 0.410 e. The predicted octanol–water partition coefficient (Wildman–Crippen LogP) is 4.64. The summed E-state index contributed by atoms with van der Waals surface area (Å²) in [7, 11) is 3.47. The number of rotatable bonds is 6. The van der Waals surface area contributed by atoms with Crippen LogP contribution in [0, 0.1) is 5.92 Å². The standard InChI is InChI=1S/C26H31N3O4/c1-5-15-33-26(31)29-14-13-20-23(17-7-10-19(11-8-17)32-6-2)27-22-12-9-18(25(30)28(3)4)16-21(22)24(20)29/h5,7-12,16,20,23-24,27H,1,6,13-15H2,2-4H3. The normalized spacial score (nSPS) is 20.8. The average Bonchev–Trinajstić information content (AvgIpc) is 3.27. The average molecular weight is 450 g/mol. The fourth-order valence-electron chi connectivity index (χ4n) is 4.85. The molecule has 174 valence electrons. The second kappa shape index (κ2) is 9.57. The highest BCUT2D eigenvalue weighted by atomic mass is 16.6. The summed E-state index contributed by atoms with van der Waals surface area (Å²) in [6, 6.07) is 13.6. The van der Waals surface area contributed by atoms with Crippen molar-refractivity contribution in [3.63, 3.8) is 0 Å². The third-order valence-corrected chi connectivity index (χ3v) is 6.32. The van der Waals surface area contributed by atoms with Gasteiger partial charge in [0.15, 0.2) is 0 Å². The van der Waals surface area contributed by atoms with Crippen molar-refractivity contribution < 1.29 is 19.1 Å². The first-order valence-corrected chi connectivity index (χ1v) is 11.3. The highest BCUT2D eigenvalue weighted by Crippen LogP contribution is 2.51. The molecule has 2 aliphatic heterocycles. The molecule has 0 aliphatic carbocycles. The minimum Gasteiger partial charge on any atom is -0.494 e. The molecule has 2 aromatic carbocycles. The van der Waals surface area contributed by atoms with Gasteiger partial charge in [0.1, 0.15) is 12.4 Å². The molecule has 0 saturated carbocycles. The second-order valence-corrected chi connectivity index (χ2v) is 8.58. The van der Waals surface area contributed by atoms with Crippen LogP contribution in [0.1, 0.15) is 46.9 Å². The van der Waals surface area contributed by atoms with E-state index in [4.69, 9.17) is 9.47 Å². The van der Waals surface area contributed by atoms with Crippen LogP contribution in [0.4, 0.5) is 10.5 Å². The zero-order valence-corrected chi connectivity index (χ0v) is 19.4. The first-order valence-electron chi connectivity index (χ1n) is 11.3. The maximum atomic E-state index is 12.9. The van der Waals surface area contributed by atoms with Crippen LogP contribution >= 0.6 is 0 Å². The van der Waals surface area contributed by atoms with Crippen LogP contribution in [0.15, 0.2) is 55.1 Å². The van der Waals surface area contributed by atoms with Gasteiger partial charge in [0.2, 0.25) is 0 Å². The Morgan fingerprint density at radius 1 is 1.21 bits per heavy atom. The second-order valence-electron chi connectivity index (χ2n) is 8.58. The van der Waals surface area contributed by atoms with Gasteiger partial charge in [0.05, 0.1) is 18.7 Å². The molecule has 2 aromatic rings. The Hall–Kier alpha value is -3.48. The third kappa shape index (κ3) is 4.40. The summed E-state index contributed by atoms with van der Waals surface area (Å²) in [5.74, 6) is 0.903. The molecule has 4 rings (SSSR count). The molecular weight excluding hydrogens is 418 g/mol. The molecule has 1 saturated heterocycles. The van der Waals surface area contributed by atoms with E-state index in [-0.39, 0.29) is 36.6 Å². The Labute approximate surface area is 195 Å². The number of amides is 2. The molecule has 3 unspecified atom stereocenters. The minimum atomic E-state index is -0.356. The first-order chi connectivity index (χ1) is 15.9. The summed E-state index contributed by atoms with van der Waals surface area (Å²) in [5, 5.41) is 3.67. The molecular formula is C26H31N3O4. The van der Waals surface area contributed by atoms with Crippen LogP contribution in [-0.2, 0) is 4.74 Å². The van der Waals surface area contributed by atoms with E-state index in [1.165, 1.54) is 0 Å². The maximum Gasteiger partial charge on any atom is 0.410 e. The van der Waals surface area contributed by atoms with Gasteiger partial charge in [-0.15, -0.1) is 0 Å². The third-order valence-electron chi connectivity index (χ3n) is 6.32. The summed E-state index contributed by atoms with van der Waals surface area (Å²) in [5.41, 5.74) is 3.61. The zero-order chi connectivity index (χ0) is 23.5. The van der Waals surface area contributed by atoms with Crippen molar-refractivity contribution in [1.82, 2.24) is 9.80 Å². The lowest BCUT2D eigenvalue weighted by molar-refractivity contribution is 0.0827. The van der Waals surface area contributed by atoms with E-state index in [1.54, 1.807) is 30.0 Å². The summed E-state index contributed by atoms with van der Waals surface area (Å²) in [4.78, 5) is 28.9. The van der Waals surface area contributed by atoms with E-state index >= 15 is 0 Å². The number of nitrogens with one attached hydrogen (secondary N) is 1. The molecule has 1 N–H and O–H groups in total. The largest absolute Gasteiger partial charge is 0.494 e. The van der Waals surface area contributed by atoms with Crippen molar-refractivity contribution in [2.75, 3.05) is 39.2 Å². The summed E-state index contributed by atoms with van der Waals surface area (Å²) >= 11 is 0. The monoisotopic (exact) mass is 449 g/mol. The molecule has 7 nitrogen and oxygen atoms in total. The number of nitrogens with zero attached hydrogens (tertiary/aromatic N) is 2. The van der Waals surface area contributed by atoms with E-state index in [0.717, 1.165) is 29.0 Å². The van der Waals surface area contributed by atoms with Crippen LogP contribution < -0.4 is 10.1 Å². The van der Waals surface area contributed by atoms with Gasteiger partial charge in [-0.05, 0) is 54.8 Å². The van der Waals surface area contributed by atoms with E-state index in [9.17, 15) is 9.59 Å². The summed E-state index contributed by atoms with van der Waals surface area (Å²) in [6.45, 7) is 6.98. The number of hydrogen-bond acceptors (Lipinski definition) is 5. The summed E-state index contributed by atoms with van der Waals surface area (Å²) in [6.07, 6.45) is 2.03. The lowest BCUT2D eigenvalue weighted by atomic mass is 9.79. The molecule has 1 fully saturated rings. The lowest BCUT2D eigenvalue weighted by Crippen LogP contribution is -2.38. The number of benzene rings is 2. The SMILES string of the molecule is C=CCOC(=O)N1CCC2C(c3ccc(OCC)cc3)Nc3ccc(C(=O)N(C)C)cc3C21. The van der Waals surface area contributed by atoms with Gasteiger partial charge in [-0.2, -0.15) is 0 Å². The molecule has 2 amide bonds. The molecule has 3 atom stereocenters. The Bertz CT molecular complexity index is 1030. The van der Waals surface area contributed by atoms with Gasteiger partial charge < -0.3 is 24.6 Å². The van der Waals surface area contributed by atoms with Gasteiger partial charge in [-0.3, -0.25) is 4.79 Å².